The number of hydrogen-bond donors (Lipinski definition) is 2. The zero-order chi connectivity index (χ0) is 8.59. The Balaban J connectivity index is 3.47. The molecule has 5 heteroatoms. The van der Waals surface area contributed by atoms with Gasteiger partial charge in [-0.25, -0.2) is 4.79 Å². The average Bonchev–Trinajstić information content (AvgIpc) is 2.07. The summed E-state index contributed by atoms with van der Waals surface area (Å²) in [5, 5.41) is 11.1. The van der Waals surface area contributed by atoms with E-state index in [9.17, 15) is 9.59 Å². The van der Waals surface area contributed by atoms with Crippen molar-refractivity contribution in [1.82, 2.24) is 9.78 Å². The molecule has 0 bridgehead atoms. The molecule has 1 aromatic heterocycles. The number of H-pyrrole nitrogens is 1. The van der Waals surface area contributed by atoms with Crippen LogP contribution < -0.4 is 5.56 Å². The van der Waals surface area contributed by atoms with Crippen LogP contribution in [0.25, 0.3) is 0 Å². The predicted molar refractivity (Wildman–Crippen MR) is 37.7 cm³/mol. The molecule has 2 N–H and O–H groups in total. The summed E-state index contributed by atoms with van der Waals surface area (Å²) in [6, 6.07) is 0. The molecular formula is C6H8N2O3. The van der Waals surface area contributed by atoms with Gasteiger partial charge in [0.15, 0.2) is 0 Å². The first-order valence-corrected chi connectivity index (χ1v) is 3.03. The molecule has 60 valence electrons. The molecule has 0 atom stereocenters. The van der Waals surface area contributed by atoms with Crippen molar-refractivity contribution < 1.29 is 9.90 Å². The van der Waals surface area contributed by atoms with Crippen molar-refractivity contribution in [2.24, 2.45) is 7.05 Å². The molecule has 0 saturated heterocycles. The molecule has 0 aliphatic heterocycles. The van der Waals surface area contributed by atoms with Gasteiger partial charge in [0.05, 0.1) is 0 Å². The van der Waals surface area contributed by atoms with Gasteiger partial charge in [-0.2, -0.15) is 0 Å². The Morgan fingerprint density at radius 3 is 2.36 bits per heavy atom. The number of aromatic carboxylic acids is 1. The third kappa shape index (κ3) is 1.04. The Morgan fingerprint density at radius 2 is 2.18 bits per heavy atom. The topological polar surface area (TPSA) is 75.1 Å². The van der Waals surface area contributed by atoms with E-state index in [0.717, 1.165) is 4.68 Å². The number of aromatic amines is 1. The number of nitrogens with one attached hydrogen (secondary N) is 1. The van der Waals surface area contributed by atoms with Crippen LogP contribution in [0.2, 0.25) is 0 Å². The molecule has 0 unspecified atom stereocenters. The van der Waals surface area contributed by atoms with Gasteiger partial charge in [-0.15, -0.1) is 0 Å². The molecule has 5 nitrogen and oxygen atoms in total. The van der Waals surface area contributed by atoms with Gasteiger partial charge < -0.3 is 5.11 Å². The summed E-state index contributed by atoms with van der Waals surface area (Å²) in [6.45, 7) is 1.55. The van der Waals surface area contributed by atoms with Gasteiger partial charge in [-0.1, -0.05) is 0 Å². The Kier molecular flexibility index (Phi) is 1.56. The van der Waals surface area contributed by atoms with Gasteiger partial charge in [0.25, 0.3) is 5.56 Å². The van der Waals surface area contributed by atoms with Crippen LogP contribution in [0.15, 0.2) is 4.79 Å². The maximum absolute atomic E-state index is 11.0. The number of aryl methyl sites for hydroxylation is 2. The molecule has 0 amide bonds. The van der Waals surface area contributed by atoms with Crippen molar-refractivity contribution in [3.63, 3.8) is 0 Å². The third-order valence-corrected chi connectivity index (χ3v) is 1.44. The van der Waals surface area contributed by atoms with E-state index < -0.39 is 11.5 Å². The van der Waals surface area contributed by atoms with E-state index in [1.165, 1.54) is 7.05 Å². The maximum Gasteiger partial charge on any atom is 0.343 e. The lowest BCUT2D eigenvalue weighted by atomic mass is 10.3. The Labute approximate surface area is 62.3 Å². The van der Waals surface area contributed by atoms with E-state index in [1.54, 1.807) is 6.92 Å². The fourth-order valence-corrected chi connectivity index (χ4v) is 0.938. The minimum absolute atomic E-state index is 0.187. The highest BCUT2D eigenvalue weighted by molar-refractivity contribution is 5.88. The summed E-state index contributed by atoms with van der Waals surface area (Å²) in [4.78, 5) is 21.4. The van der Waals surface area contributed by atoms with Crippen LogP contribution >= 0.6 is 0 Å². The van der Waals surface area contributed by atoms with Crippen molar-refractivity contribution in [2.75, 3.05) is 0 Å². The van der Waals surface area contributed by atoms with Gasteiger partial charge in [-0.05, 0) is 6.92 Å². The van der Waals surface area contributed by atoms with Gasteiger partial charge in [0.2, 0.25) is 0 Å². The smallest absolute Gasteiger partial charge is 0.343 e. The maximum atomic E-state index is 11.0. The molecule has 0 fully saturated rings. The van der Waals surface area contributed by atoms with Crippen LogP contribution in [-0.2, 0) is 7.05 Å². The SMILES string of the molecule is Cc1[nH]n(C)c(=O)c1C(=O)O. The summed E-state index contributed by atoms with van der Waals surface area (Å²) in [5.74, 6) is -1.19. The van der Waals surface area contributed by atoms with Crippen molar-refractivity contribution in [2.45, 2.75) is 6.92 Å². The number of aromatic nitrogens is 2. The molecule has 0 aliphatic carbocycles. The first-order valence-electron chi connectivity index (χ1n) is 3.03. The normalized spacial score (nSPS) is 10.0. The van der Waals surface area contributed by atoms with Gasteiger partial charge in [-0.3, -0.25) is 14.6 Å². The molecular weight excluding hydrogens is 148 g/mol. The number of nitrogens with zero attached hydrogens (tertiary/aromatic N) is 1. The highest BCUT2D eigenvalue weighted by Crippen LogP contribution is 1.96. The Hall–Kier alpha value is -1.52. The second-order valence-corrected chi connectivity index (χ2v) is 2.28. The molecule has 0 aromatic carbocycles. The van der Waals surface area contributed by atoms with Crippen molar-refractivity contribution in [3.05, 3.63) is 21.6 Å². The van der Waals surface area contributed by atoms with E-state index in [0.29, 0.717) is 5.69 Å². The number of carbonyl (C=O) groups is 1. The molecule has 0 spiro atoms. The minimum atomic E-state index is -1.19. The van der Waals surface area contributed by atoms with E-state index >= 15 is 0 Å². The van der Waals surface area contributed by atoms with Gasteiger partial charge in [0.1, 0.15) is 5.56 Å². The van der Waals surface area contributed by atoms with E-state index in [4.69, 9.17) is 5.11 Å². The molecule has 0 aliphatic rings. The average molecular weight is 156 g/mol. The fourth-order valence-electron chi connectivity index (χ4n) is 0.938. The van der Waals surface area contributed by atoms with E-state index in [-0.39, 0.29) is 5.56 Å². The lowest BCUT2D eigenvalue weighted by Gasteiger charge is -1.84. The molecule has 1 rings (SSSR count). The van der Waals surface area contributed by atoms with Crippen LogP contribution in [0.5, 0.6) is 0 Å². The second kappa shape index (κ2) is 2.26. The van der Waals surface area contributed by atoms with Crippen LogP contribution in [-0.4, -0.2) is 20.9 Å². The molecule has 0 radical (unpaired) electrons. The fraction of sp³-hybridized carbons (Fsp3) is 0.333. The standard InChI is InChI=1S/C6H8N2O3/c1-3-4(6(10)11)5(9)8(2)7-3/h7H,1-2H3,(H,10,11). The van der Waals surface area contributed by atoms with Crippen LogP contribution in [0, 0.1) is 6.92 Å². The molecule has 11 heavy (non-hydrogen) atoms. The number of carboxylic acids is 1. The number of rotatable bonds is 1. The second-order valence-electron chi connectivity index (χ2n) is 2.28. The lowest BCUT2D eigenvalue weighted by Crippen LogP contribution is -2.18. The monoisotopic (exact) mass is 156 g/mol. The van der Waals surface area contributed by atoms with E-state index in [1.807, 2.05) is 0 Å². The van der Waals surface area contributed by atoms with Crippen LogP contribution in [0.4, 0.5) is 0 Å². The summed E-state index contributed by atoms with van der Waals surface area (Å²) in [5.41, 5.74) is -0.312. The van der Waals surface area contributed by atoms with Crippen molar-refractivity contribution in [3.8, 4) is 0 Å². The minimum Gasteiger partial charge on any atom is -0.477 e. The van der Waals surface area contributed by atoms with Crippen LogP contribution in [0.1, 0.15) is 16.1 Å². The van der Waals surface area contributed by atoms with E-state index in [2.05, 4.69) is 5.10 Å². The zero-order valence-corrected chi connectivity index (χ0v) is 6.21. The third-order valence-electron chi connectivity index (χ3n) is 1.44. The summed E-state index contributed by atoms with van der Waals surface area (Å²) in [6.07, 6.45) is 0. The quantitative estimate of drug-likeness (QED) is 0.587. The lowest BCUT2D eigenvalue weighted by molar-refractivity contribution is 0.0694. The Morgan fingerprint density at radius 1 is 1.64 bits per heavy atom. The molecule has 1 aromatic rings. The first-order chi connectivity index (χ1) is 5.04. The molecule has 1 heterocycles. The summed E-state index contributed by atoms with van der Waals surface area (Å²) < 4.78 is 1.14. The van der Waals surface area contributed by atoms with Crippen molar-refractivity contribution >= 4 is 5.97 Å². The zero-order valence-electron chi connectivity index (χ0n) is 6.21. The predicted octanol–water partition coefficient (Wildman–Crippen LogP) is -0.280. The highest BCUT2D eigenvalue weighted by Gasteiger charge is 2.15. The van der Waals surface area contributed by atoms with Crippen LogP contribution in [0.3, 0.4) is 0 Å². The van der Waals surface area contributed by atoms with Gasteiger partial charge in [0, 0.05) is 12.7 Å². The largest absolute Gasteiger partial charge is 0.477 e. The van der Waals surface area contributed by atoms with Gasteiger partial charge >= 0.3 is 5.97 Å². The summed E-state index contributed by atoms with van der Waals surface area (Å²) >= 11 is 0. The summed E-state index contributed by atoms with van der Waals surface area (Å²) in [7, 11) is 1.47. The number of hydrogen-bond acceptors (Lipinski definition) is 2. The highest BCUT2D eigenvalue weighted by atomic mass is 16.4. The van der Waals surface area contributed by atoms with Crippen molar-refractivity contribution in [1.29, 1.82) is 0 Å². The first kappa shape index (κ1) is 7.59. The molecule has 0 saturated carbocycles. The Bertz CT molecular complexity index is 347. The number of carboxylic acid groups (broad SMARTS) is 1.